The summed E-state index contributed by atoms with van der Waals surface area (Å²) in [6, 6.07) is 67.3. The number of hydrogen-bond acceptors (Lipinski definition) is 2. The lowest BCUT2D eigenvalue weighted by molar-refractivity contribution is 0.978. The van der Waals surface area contributed by atoms with Crippen LogP contribution in [0, 0.1) is 0 Å². The molecular weight excluding hydrogens is 653 g/mol. The van der Waals surface area contributed by atoms with E-state index in [0.29, 0.717) is 5.82 Å². The van der Waals surface area contributed by atoms with Crippen molar-refractivity contribution in [2.75, 3.05) is 0 Å². The molecule has 1 aliphatic rings. The van der Waals surface area contributed by atoms with Gasteiger partial charge in [-0.1, -0.05) is 182 Å². The predicted molar refractivity (Wildman–Crippen MR) is 226 cm³/mol. The summed E-state index contributed by atoms with van der Waals surface area (Å²) >= 11 is 0. The minimum Gasteiger partial charge on any atom is -0.228 e. The highest BCUT2D eigenvalue weighted by atomic mass is 14.9. The Morgan fingerprint density at radius 1 is 0.352 bits per heavy atom. The summed E-state index contributed by atoms with van der Waals surface area (Å²) in [5.41, 5.74) is 15.0. The topological polar surface area (TPSA) is 25.8 Å². The van der Waals surface area contributed by atoms with E-state index in [1.54, 1.807) is 0 Å². The van der Waals surface area contributed by atoms with Gasteiger partial charge in [-0.3, -0.25) is 0 Å². The molecule has 254 valence electrons. The van der Waals surface area contributed by atoms with Gasteiger partial charge >= 0.3 is 0 Å². The molecule has 1 aliphatic carbocycles. The maximum Gasteiger partial charge on any atom is 0.160 e. The highest BCUT2D eigenvalue weighted by Crippen LogP contribution is 2.44. The quantitative estimate of drug-likeness (QED) is 0.163. The van der Waals surface area contributed by atoms with E-state index in [4.69, 9.17) is 9.97 Å². The van der Waals surface area contributed by atoms with Crippen LogP contribution < -0.4 is 0 Å². The largest absolute Gasteiger partial charge is 0.228 e. The lowest BCUT2D eigenvalue weighted by Crippen LogP contribution is -2.00. The number of benzene rings is 8. The predicted octanol–water partition coefficient (Wildman–Crippen LogP) is 13.5. The Morgan fingerprint density at radius 3 is 1.48 bits per heavy atom. The van der Waals surface area contributed by atoms with E-state index in [2.05, 4.69) is 188 Å². The van der Waals surface area contributed by atoms with Gasteiger partial charge in [0.1, 0.15) is 0 Å². The molecule has 0 atom stereocenters. The summed E-state index contributed by atoms with van der Waals surface area (Å²) in [4.78, 5) is 10.5. The maximum absolute atomic E-state index is 5.27. The molecule has 0 saturated heterocycles. The number of rotatable bonds is 6. The van der Waals surface area contributed by atoms with Gasteiger partial charge in [-0.15, -0.1) is 0 Å². The van der Waals surface area contributed by atoms with Gasteiger partial charge in [0.05, 0.1) is 11.4 Å². The molecule has 1 aromatic heterocycles. The smallest absolute Gasteiger partial charge is 0.160 e. The Morgan fingerprint density at radius 2 is 0.833 bits per heavy atom. The SMILES string of the molecule is C1=C(c2ccc(-c3cc(-c4ccccc4)nc(-c4cccc(-c5c6ccccc6c(-c6ccccc6)c6ccccc56)c4)n3)cc2)c2ccccc2CC1. The van der Waals surface area contributed by atoms with Gasteiger partial charge in [-0.05, 0) is 91.0 Å². The number of allylic oxidation sites excluding steroid dienone is 1. The van der Waals surface area contributed by atoms with Crippen molar-refractivity contribution in [2.24, 2.45) is 0 Å². The fourth-order valence-electron chi connectivity index (χ4n) is 8.23. The number of aryl methyl sites for hydroxylation is 1. The second-order valence-corrected chi connectivity index (χ2v) is 14.0. The standard InChI is InChI=1S/C52H36N2/c1-3-16-37(17-4-1)48-34-49(38-31-29-36(30-32-38)43-28-14-20-35-15-7-8-23-42(35)43)54-52(53-48)41-22-13-21-40(33-41)51-46-26-11-9-24-44(46)50(39-18-5-2-6-19-39)45-25-10-12-27-47(45)51/h1-13,15-19,21-34H,14,20H2. The van der Waals surface area contributed by atoms with Crippen LogP contribution in [0.5, 0.6) is 0 Å². The van der Waals surface area contributed by atoms with E-state index >= 15 is 0 Å². The lowest BCUT2D eigenvalue weighted by Gasteiger charge is -2.18. The first-order valence-electron chi connectivity index (χ1n) is 18.7. The van der Waals surface area contributed by atoms with Gasteiger partial charge in [-0.2, -0.15) is 0 Å². The second-order valence-electron chi connectivity index (χ2n) is 14.0. The Bertz CT molecular complexity index is 2800. The van der Waals surface area contributed by atoms with E-state index in [9.17, 15) is 0 Å². The van der Waals surface area contributed by atoms with E-state index < -0.39 is 0 Å². The summed E-state index contributed by atoms with van der Waals surface area (Å²) in [6.07, 6.45) is 4.53. The van der Waals surface area contributed by atoms with Gasteiger partial charge in [0.25, 0.3) is 0 Å². The van der Waals surface area contributed by atoms with Crippen LogP contribution in [0.25, 0.3) is 83.3 Å². The van der Waals surface area contributed by atoms with Crippen molar-refractivity contribution in [1.82, 2.24) is 9.97 Å². The van der Waals surface area contributed by atoms with Crippen molar-refractivity contribution < 1.29 is 0 Å². The molecule has 0 aliphatic heterocycles. The Labute approximate surface area is 315 Å². The summed E-state index contributed by atoms with van der Waals surface area (Å²) in [7, 11) is 0. The minimum atomic E-state index is 0.704. The van der Waals surface area contributed by atoms with Gasteiger partial charge in [0.2, 0.25) is 0 Å². The molecule has 0 fully saturated rings. The van der Waals surface area contributed by atoms with Crippen LogP contribution in [0.15, 0.2) is 194 Å². The third-order valence-corrected chi connectivity index (χ3v) is 10.8. The minimum absolute atomic E-state index is 0.704. The molecule has 10 rings (SSSR count). The zero-order valence-electron chi connectivity index (χ0n) is 29.8. The average Bonchev–Trinajstić information content (AvgIpc) is 3.26. The highest BCUT2D eigenvalue weighted by molar-refractivity contribution is 6.21. The Kier molecular flexibility index (Phi) is 8.00. The molecule has 54 heavy (non-hydrogen) atoms. The number of hydrogen-bond donors (Lipinski definition) is 0. The van der Waals surface area contributed by atoms with Crippen LogP contribution in [0.4, 0.5) is 0 Å². The summed E-state index contributed by atoms with van der Waals surface area (Å²) in [5, 5.41) is 4.93. The summed E-state index contributed by atoms with van der Waals surface area (Å²) in [5.74, 6) is 0.704. The Balaban J connectivity index is 1.11. The molecule has 0 unspecified atom stereocenters. The van der Waals surface area contributed by atoms with Gasteiger partial charge in [-0.25, -0.2) is 9.97 Å². The fraction of sp³-hybridized carbons (Fsp3) is 0.0385. The third-order valence-electron chi connectivity index (χ3n) is 10.8. The van der Waals surface area contributed by atoms with Crippen molar-refractivity contribution in [3.05, 3.63) is 211 Å². The van der Waals surface area contributed by atoms with Crippen LogP contribution >= 0.6 is 0 Å². The maximum atomic E-state index is 5.27. The molecule has 0 radical (unpaired) electrons. The van der Waals surface area contributed by atoms with Crippen LogP contribution in [-0.2, 0) is 6.42 Å². The van der Waals surface area contributed by atoms with Crippen molar-refractivity contribution in [1.29, 1.82) is 0 Å². The van der Waals surface area contributed by atoms with E-state index in [1.165, 1.54) is 60.5 Å². The molecule has 0 spiro atoms. The normalized spacial score (nSPS) is 12.4. The molecule has 2 nitrogen and oxygen atoms in total. The van der Waals surface area contributed by atoms with Crippen LogP contribution in [0.3, 0.4) is 0 Å². The first-order valence-corrected chi connectivity index (χ1v) is 18.7. The molecule has 0 saturated carbocycles. The summed E-state index contributed by atoms with van der Waals surface area (Å²) < 4.78 is 0. The molecule has 2 heteroatoms. The van der Waals surface area contributed by atoms with Crippen LogP contribution in [-0.4, -0.2) is 9.97 Å². The van der Waals surface area contributed by atoms with Crippen LogP contribution in [0.2, 0.25) is 0 Å². The van der Waals surface area contributed by atoms with Crippen molar-refractivity contribution in [3.63, 3.8) is 0 Å². The van der Waals surface area contributed by atoms with E-state index in [-0.39, 0.29) is 0 Å². The number of nitrogens with zero attached hydrogens (tertiary/aromatic N) is 2. The fourth-order valence-corrected chi connectivity index (χ4v) is 8.23. The zero-order valence-corrected chi connectivity index (χ0v) is 29.8. The third kappa shape index (κ3) is 5.70. The van der Waals surface area contributed by atoms with Crippen molar-refractivity contribution in [2.45, 2.75) is 12.8 Å². The highest BCUT2D eigenvalue weighted by Gasteiger charge is 2.19. The summed E-state index contributed by atoms with van der Waals surface area (Å²) in [6.45, 7) is 0. The number of aromatic nitrogens is 2. The van der Waals surface area contributed by atoms with Gasteiger partial charge in [0, 0.05) is 16.7 Å². The molecule has 8 aromatic carbocycles. The monoisotopic (exact) mass is 688 g/mol. The lowest BCUT2D eigenvalue weighted by atomic mass is 9.85. The first kappa shape index (κ1) is 31.8. The molecule has 9 aromatic rings. The Hall–Kier alpha value is -6.90. The molecule has 0 N–H and O–H groups in total. The first-order chi connectivity index (χ1) is 26.8. The van der Waals surface area contributed by atoms with Gasteiger partial charge < -0.3 is 0 Å². The molecule has 0 bridgehead atoms. The molecule has 1 heterocycles. The van der Waals surface area contributed by atoms with E-state index in [1.807, 2.05) is 6.07 Å². The van der Waals surface area contributed by atoms with E-state index in [0.717, 1.165) is 46.5 Å². The second kappa shape index (κ2) is 13.6. The average molecular weight is 689 g/mol. The number of fused-ring (bicyclic) bond motifs is 3. The zero-order chi connectivity index (χ0) is 35.8. The van der Waals surface area contributed by atoms with Crippen LogP contribution in [0.1, 0.15) is 23.1 Å². The van der Waals surface area contributed by atoms with Crippen molar-refractivity contribution in [3.8, 4) is 56.2 Å². The van der Waals surface area contributed by atoms with Crippen molar-refractivity contribution >= 4 is 27.1 Å². The van der Waals surface area contributed by atoms with Gasteiger partial charge in [0.15, 0.2) is 5.82 Å². The molecule has 0 amide bonds. The molecular formula is C52H36N2.